The minimum absolute atomic E-state index is 0.0651. The Hall–Kier alpha value is -0.930. The van der Waals surface area contributed by atoms with E-state index in [-0.39, 0.29) is 18.0 Å². The third kappa shape index (κ3) is 2.85. The van der Waals surface area contributed by atoms with Crippen LogP contribution in [0.4, 0.5) is 4.39 Å². The van der Waals surface area contributed by atoms with Crippen LogP contribution >= 0.6 is 0 Å². The van der Waals surface area contributed by atoms with Crippen molar-refractivity contribution in [3.05, 3.63) is 35.1 Å². The van der Waals surface area contributed by atoms with Crippen LogP contribution in [-0.2, 0) is 11.2 Å². The molecule has 0 bridgehead atoms. The van der Waals surface area contributed by atoms with Crippen LogP contribution in [0, 0.1) is 5.82 Å². The zero-order valence-corrected chi connectivity index (χ0v) is 10.5. The molecule has 94 valence electrons. The number of hydrogen-bond donors (Lipinski definition) is 1. The fraction of sp³-hybridized carbons (Fsp3) is 0.571. The molecule has 3 heteroatoms. The van der Waals surface area contributed by atoms with Gasteiger partial charge in [0.25, 0.3) is 0 Å². The molecule has 0 fully saturated rings. The van der Waals surface area contributed by atoms with Gasteiger partial charge in [-0.2, -0.15) is 0 Å². The van der Waals surface area contributed by atoms with Crippen LogP contribution in [0.2, 0.25) is 0 Å². The monoisotopic (exact) mass is 237 g/mol. The maximum absolute atomic E-state index is 13.5. The third-order valence-corrected chi connectivity index (χ3v) is 3.32. The van der Waals surface area contributed by atoms with E-state index in [9.17, 15) is 4.39 Å². The van der Waals surface area contributed by atoms with E-state index < -0.39 is 0 Å². The average Bonchev–Trinajstić information content (AvgIpc) is 2.72. The van der Waals surface area contributed by atoms with E-state index in [1.807, 2.05) is 13.0 Å². The minimum atomic E-state index is -0.0651. The maximum atomic E-state index is 13.5. The van der Waals surface area contributed by atoms with Gasteiger partial charge in [0.05, 0.1) is 6.10 Å². The van der Waals surface area contributed by atoms with Crippen LogP contribution in [0.15, 0.2) is 18.2 Å². The SMILES string of the molecule is CCOC(C)CNC1CCc2c(F)cccc21. The van der Waals surface area contributed by atoms with Crippen molar-refractivity contribution in [3.63, 3.8) is 0 Å². The van der Waals surface area contributed by atoms with E-state index in [0.717, 1.165) is 37.1 Å². The van der Waals surface area contributed by atoms with Gasteiger partial charge < -0.3 is 10.1 Å². The molecule has 2 rings (SSSR count). The number of ether oxygens (including phenoxy) is 1. The topological polar surface area (TPSA) is 21.3 Å². The quantitative estimate of drug-likeness (QED) is 0.850. The summed E-state index contributed by atoms with van der Waals surface area (Å²) in [5.74, 6) is -0.0651. The first-order valence-corrected chi connectivity index (χ1v) is 6.34. The molecule has 17 heavy (non-hydrogen) atoms. The molecule has 0 heterocycles. The van der Waals surface area contributed by atoms with E-state index in [1.165, 1.54) is 0 Å². The first-order valence-electron chi connectivity index (χ1n) is 6.34. The highest BCUT2D eigenvalue weighted by atomic mass is 19.1. The standard InChI is InChI=1S/C14H20FNO/c1-3-17-10(2)9-16-14-8-7-11-12(14)5-4-6-13(11)15/h4-6,10,14,16H,3,7-9H2,1-2H3. The molecule has 0 amide bonds. The van der Waals surface area contributed by atoms with Gasteiger partial charge in [-0.15, -0.1) is 0 Å². The lowest BCUT2D eigenvalue weighted by atomic mass is 10.1. The number of hydrogen-bond acceptors (Lipinski definition) is 2. The molecule has 0 aliphatic heterocycles. The van der Waals surface area contributed by atoms with Crippen LogP contribution in [0.1, 0.15) is 37.4 Å². The van der Waals surface area contributed by atoms with Gasteiger partial charge in [0.1, 0.15) is 5.82 Å². The Balaban J connectivity index is 1.96. The van der Waals surface area contributed by atoms with Crippen molar-refractivity contribution in [1.29, 1.82) is 0 Å². The Morgan fingerprint density at radius 3 is 3.12 bits per heavy atom. The second-order valence-electron chi connectivity index (χ2n) is 4.57. The van der Waals surface area contributed by atoms with Gasteiger partial charge in [-0.25, -0.2) is 4.39 Å². The molecule has 2 atom stereocenters. The van der Waals surface area contributed by atoms with E-state index in [0.29, 0.717) is 0 Å². The molecule has 1 N–H and O–H groups in total. The Labute approximate surface area is 102 Å². The Kier molecular flexibility index (Phi) is 4.13. The zero-order chi connectivity index (χ0) is 12.3. The fourth-order valence-corrected chi connectivity index (χ4v) is 2.47. The first-order chi connectivity index (χ1) is 8.22. The second kappa shape index (κ2) is 5.61. The van der Waals surface area contributed by atoms with E-state index >= 15 is 0 Å². The molecule has 0 saturated carbocycles. The van der Waals surface area contributed by atoms with Crippen LogP contribution in [-0.4, -0.2) is 19.3 Å². The van der Waals surface area contributed by atoms with Gasteiger partial charge in [-0.05, 0) is 43.9 Å². The predicted octanol–water partition coefficient (Wildman–Crippen LogP) is 2.83. The summed E-state index contributed by atoms with van der Waals surface area (Å²) in [6.45, 7) is 5.60. The van der Waals surface area contributed by atoms with Crippen LogP contribution in [0.25, 0.3) is 0 Å². The van der Waals surface area contributed by atoms with Crippen molar-refractivity contribution in [1.82, 2.24) is 5.32 Å². The van der Waals surface area contributed by atoms with Crippen molar-refractivity contribution in [2.45, 2.75) is 38.8 Å². The van der Waals surface area contributed by atoms with E-state index in [1.54, 1.807) is 12.1 Å². The molecule has 1 aromatic rings. The average molecular weight is 237 g/mol. The van der Waals surface area contributed by atoms with Crippen molar-refractivity contribution in [2.24, 2.45) is 0 Å². The zero-order valence-electron chi connectivity index (χ0n) is 10.5. The molecular weight excluding hydrogens is 217 g/mol. The Morgan fingerprint density at radius 1 is 1.53 bits per heavy atom. The second-order valence-corrected chi connectivity index (χ2v) is 4.57. The highest BCUT2D eigenvalue weighted by molar-refractivity contribution is 5.35. The summed E-state index contributed by atoms with van der Waals surface area (Å²) in [6.07, 6.45) is 2.02. The summed E-state index contributed by atoms with van der Waals surface area (Å²) in [4.78, 5) is 0. The third-order valence-electron chi connectivity index (χ3n) is 3.32. The smallest absolute Gasteiger partial charge is 0.126 e. The molecule has 2 unspecified atom stereocenters. The number of fused-ring (bicyclic) bond motifs is 1. The minimum Gasteiger partial charge on any atom is -0.377 e. The molecule has 2 nitrogen and oxygen atoms in total. The lowest BCUT2D eigenvalue weighted by molar-refractivity contribution is 0.0739. The number of rotatable bonds is 5. The Morgan fingerprint density at radius 2 is 2.35 bits per heavy atom. The summed E-state index contributed by atoms with van der Waals surface area (Å²) in [7, 11) is 0. The number of nitrogens with one attached hydrogen (secondary N) is 1. The Bertz CT molecular complexity index is 380. The van der Waals surface area contributed by atoms with Crippen LogP contribution in [0.5, 0.6) is 0 Å². The summed E-state index contributed by atoms with van der Waals surface area (Å²) in [5.41, 5.74) is 2.00. The van der Waals surface area contributed by atoms with Crippen molar-refractivity contribution in [2.75, 3.05) is 13.2 Å². The van der Waals surface area contributed by atoms with E-state index in [2.05, 4.69) is 12.2 Å². The largest absolute Gasteiger partial charge is 0.377 e. The van der Waals surface area contributed by atoms with Crippen LogP contribution in [0.3, 0.4) is 0 Å². The molecule has 0 radical (unpaired) electrons. The molecule has 0 spiro atoms. The number of benzene rings is 1. The molecule has 0 aromatic heterocycles. The van der Waals surface area contributed by atoms with Gasteiger partial charge in [0, 0.05) is 19.2 Å². The first kappa shape index (κ1) is 12.5. The lowest BCUT2D eigenvalue weighted by Crippen LogP contribution is -2.29. The van der Waals surface area contributed by atoms with Gasteiger partial charge in [0.15, 0.2) is 0 Å². The summed E-state index contributed by atoms with van der Waals surface area (Å²) in [5, 5.41) is 3.46. The van der Waals surface area contributed by atoms with Crippen molar-refractivity contribution >= 4 is 0 Å². The van der Waals surface area contributed by atoms with Gasteiger partial charge in [-0.1, -0.05) is 12.1 Å². The normalized spacial score (nSPS) is 20.3. The maximum Gasteiger partial charge on any atom is 0.126 e. The molecule has 0 saturated heterocycles. The molecular formula is C14H20FNO. The molecule has 1 aliphatic rings. The highest BCUT2D eigenvalue weighted by Gasteiger charge is 2.24. The summed E-state index contributed by atoms with van der Waals surface area (Å²) >= 11 is 0. The van der Waals surface area contributed by atoms with Gasteiger partial charge >= 0.3 is 0 Å². The molecule has 1 aromatic carbocycles. The summed E-state index contributed by atoms with van der Waals surface area (Å²) < 4.78 is 19.0. The van der Waals surface area contributed by atoms with Gasteiger partial charge in [0.2, 0.25) is 0 Å². The number of halogens is 1. The highest BCUT2D eigenvalue weighted by Crippen LogP contribution is 2.32. The molecule has 1 aliphatic carbocycles. The predicted molar refractivity (Wildman–Crippen MR) is 66.6 cm³/mol. The van der Waals surface area contributed by atoms with Crippen molar-refractivity contribution < 1.29 is 9.13 Å². The van der Waals surface area contributed by atoms with E-state index in [4.69, 9.17) is 4.74 Å². The van der Waals surface area contributed by atoms with Crippen LogP contribution < -0.4 is 5.32 Å². The fourth-order valence-electron chi connectivity index (χ4n) is 2.47. The summed E-state index contributed by atoms with van der Waals surface area (Å²) in [6, 6.07) is 5.64. The van der Waals surface area contributed by atoms with Gasteiger partial charge in [-0.3, -0.25) is 0 Å². The lowest BCUT2D eigenvalue weighted by Gasteiger charge is -2.18. The van der Waals surface area contributed by atoms with Crippen molar-refractivity contribution in [3.8, 4) is 0 Å².